The van der Waals surface area contributed by atoms with Crippen LogP contribution in [0, 0.1) is 0 Å². The first-order valence-electron chi connectivity index (χ1n) is 4.33. The first-order chi connectivity index (χ1) is 7.11. The summed E-state index contributed by atoms with van der Waals surface area (Å²) in [4.78, 5) is 0. The van der Waals surface area contributed by atoms with Gasteiger partial charge in [0.1, 0.15) is 5.60 Å². The van der Waals surface area contributed by atoms with Crippen molar-refractivity contribution in [1.82, 2.24) is 0 Å². The second-order valence-electron chi connectivity index (χ2n) is 3.51. The summed E-state index contributed by atoms with van der Waals surface area (Å²) < 4.78 is 50.5. The molecule has 2 unspecified atom stereocenters. The smallest absolute Gasteiger partial charge is 0.380 e. The van der Waals surface area contributed by atoms with Crippen molar-refractivity contribution in [2.24, 2.45) is 0 Å². The number of alkyl halides is 5. The molecule has 1 rings (SSSR count). The van der Waals surface area contributed by atoms with Gasteiger partial charge < -0.3 is 5.11 Å². The molecule has 0 heterocycles. The zero-order valence-corrected chi connectivity index (χ0v) is 8.98. The molecule has 0 aliphatic carbocycles. The van der Waals surface area contributed by atoms with Crippen LogP contribution in [0.5, 0.6) is 0 Å². The van der Waals surface area contributed by atoms with Gasteiger partial charge in [-0.25, -0.2) is 4.39 Å². The largest absolute Gasteiger partial charge is 0.440 e. The van der Waals surface area contributed by atoms with E-state index < -0.39 is 16.9 Å². The van der Waals surface area contributed by atoms with Crippen molar-refractivity contribution in [2.75, 3.05) is 0 Å². The van der Waals surface area contributed by atoms with E-state index in [9.17, 15) is 22.7 Å². The van der Waals surface area contributed by atoms with E-state index in [0.29, 0.717) is 6.92 Å². The quantitative estimate of drug-likeness (QED) is 0.635. The maximum Gasteiger partial charge on any atom is 0.440 e. The minimum atomic E-state index is -5.37. The van der Waals surface area contributed by atoms with Crippen LogP contribution in [0.25, 0.3) is 0 Å². The third-order valence-electron chi connectivity index (χ3n) is 2.30. The van der Waals surface area contributed by atoms with E-state index >= 15 is 0 Å². The molecule has 0 saturated carbocycles. The van der Waals surface area contributed by atoms with Crippen LogP contribution in [0.15, 0.2) is 30.3 Å². The Morgan fingerprint density at radius 1 is 1.06 bits per heavy atom. The Morgan fingerprint density at radius 2 is 1.50 bits per heavy atom. The van der Waals surface area contributed by atoms with Gasteiger partial charge in [-0.3, -0.25) is 0 Å². The number of halogens is 5. The monoisotopic (exact) mass is 256 g/mol. The average molecular weight is 257 g/mol. The molecule has 0 bridgehead atoms. The molecule has 2 atom stereocenters. The summed E-state index contributed by atoms with van der Waals surface area (Å²) in [6.45, 7) is 0.683. The molecule has 90 valence electrons. The molecule has 1 nitrogen and oxygen atoms in total. The molecule has 0 aliphatic heterocycles. The van der Waals surface area contributed by atoms with E-state index in [1.807, 2.05) is 0 Å². The molecule has 0 saturated heterocycles. The lowest BCUT2D eigenvalue weighted by Crippen LogP contribution is -2.52. The Labute approximate surface area is 94.7 Å². The Morgan fingerprint density at radius 3 is 1.88 bits per heavy atom. The zero-order valence-electron chi connectivity index (χ0n) is 8.22. The normalized spacial score (nSPS) is 19.9. The van der Waals surface area contributed by atoms with Gasteiger partial charge in [0.15, 0.2) is 0 Å². The van der Waals surface area contributed by atoms with Crippen molar-refractivity contribution >= 4 is 11.6 Å². The van der Waals surface area contributed by atoms with Crippen molar-refractivity contribution in [2.45, 2.75) is 23.8 Å². The highest BCUT2D eigenvalue weighted by molar-refractivity contribution is 6.24. The van der Waals surface area contributed by atoms with Crippen molar-refractivity contribution in [3.63, 3.8) is 0 Å². The lowest BCUT2D eigenvalue weighted by molar-refractivity contribution is -0.252. The number of rotatable bonds is 2. The predicted molar refractivity (Wildman–Crippen MR) is 51.8 cm³/mol. The average Bonchev–Trinajstić information content (AvgIpc) is 2.17. The highest BCUT2D eigenvalue weighted by Gasteiger charge is 2.66. The van der Waals surface area contributed by atoms with E-state index in [2.05, 4.69) is 0 Å². The van der Waals surface area contributed by atoms with Gasteiger partial charge in [0.25, 0.3) is 0 Å². The summed E-state index contributed by atoms with van der Waals surface area (Å²) in [7, 11) is 0. The highest BCUT2D eigenvalue weighted by Crippen LogP contribution is 2.49. The standard InChI is InChI=1S/C10H9ClF4O/c1-8(16,7-5-3-2-4-6-7)9(11,12)10(13,14)15/h2-6,16H,1H3. The SMILES string of the molecule is CC(O)(c1ccccc1)C(F)(Cl)C(F)(F)F. The number of benzene rings is 1. The van der Waals surface area contributed by atoms with Crippen LogP contribution in [0.3, 0.4) is 0 Å². The lowest BCUT2D eigenvalue weighted by atomic mass is 9.90. The maximum absolute atomic E-state index is 13.5. The van der Waals surface area contributed by atoms with E-state index in [1.54, 1.807) is 0 Å². The van der Waals surface area contributed by atoms with Crippen molar-refractivity contribution in [3.8, 4) is 0 Å². The number of hydrogen-bond donors (Lipinski definition) is 1. The van der Waals surface area contributed by atoms with Crippen molar-refractivity contribution < 1.29 is 22.7 Å². The molecule has 0 amide bonds. The second-order valence-corrected chi connectivity index (χ2v) is 4.03. The highest BCUT2D eigenvalue weighted by atomic mass is 35.5. The minimum Gasteiger partial charge on any atom is -0.380 e. The zero-order chi connectivity index (χ0) is 12.6. The van der Waals surface area contributed by atoms with Crippen molar-refractivity contribution in [1.29, 1.82) is 0 Å². The molecule has 0 spiro atoms. The summed E-state index contributed by atoms with van der Waals surface area (Å²) in [6.07, 6.45) is -5.37. The molecular weight excluding hydrogens is 248 g/mol. The van der Waals surface area contributed by atoms with E-state index in [1.165, 1.54) is 30.3 Å². The first-order valence-corrected chi connectivity index (χ1v) is 4.71. The molecule has 0 fully saturated rings. The van der Waals surface area contributed by atoms with Gasteiger partial charge in [0.2, 0.25) is 0 Å². The van der Waals surface area contributed by atoms with Gasteiger partial charge in [0.05, 0.1) is 0 Å². The van der Waals surface area contributed by atoms with Crippen molar-refractivity contribution in [3.05, 3.63) is 35.9 Å². The maximum atomic E-state index is 13.5. The molecule has 0 aliphatic rings. The molecule has 1 aromatic rings. The molecule has 0 aromatic heterocycles. The van der Waals surface area contributed by atoms with Gasteiger partial charge in [-0.05, 0) is 12.5 Å². The van der Waals surface area contributed by atoms with Gasteiger partial charge in [0, 0.05) is 0 Å². The predicted octanol–water partition coefficient (Wildman–Crippen LogP) is 3.36. The van der Waals surface area contributed by atoms with E-state index in [4.69, 9.17) is 11.6 Å². The fourth-order valence-electron chi connectivity index (χ4n) is 1.22. The molecule has 1 N–H and O–H groups in total. The molecule has 6 heteroatoms. The fraction of sp³-hybridized carbons (Fsp3) is 0.400. The molecule has 1 aromatic carbocycles. The van der Waals surface area contributed by atoms with E-state index in [-0.39, 0.29) is 5.56 Å². The Hall–Kier alpha value is -0.810. The summed E-state index contributed by atoms with van der Waals surface area (Å²) in [6, 6.07) is 6.63. The Kier molecular flexibility index (Phi) is 3.22. The van der Waals surface area contributed by atoms with Crippen LogP contribution < -0.4 is 0 Å². The van der Waals surface area contributed by atoms with Crippen LogP contribution in [0.2, 0.25) is 0 Å². The number of aliphatic hydroxyl groups is 1. The third-order valence-corrected chi connectivity index (χ3v) is 2.89. The van der Waals surface area contributed by atoms with Crippen LogP contribution in [0.1, 0.15) is 12.5 Å². The van der Waals surface area contributed by atoms with Crippen LogP contribution >= 0.6 is 11.6 Å². The molecule has 16 heavy (non-hydrogen) atoms. The second kappa shape index (κ2) is 3.89. The fourth-order valence-corrected chi connectivity index (χ4v) is 1.33. The van der Waals surface area contributed by atoms with Crippen LogP contribution in [-0.4, -0.2) is 16.4 Å². The summed E-state index contributed by atoms with van der Waals surface area (Å²) in [5.41, 5.74) is -3.10. The topological polar surface area (TPSA) is 20.2 Å². The summed E-state index contributed by atoms with van der Waals surface area (Å²) in [5, 5.41) is 5.39. The van der Waals surface area contributed by atoms with Gasteiger partial charge in [-0.15, -0.1) is 0 Å². The molecule has 0 radical (unpaired) electrons. The van der Waals surface area contributed by atoms with Gasteiger partial charge >= 0.3 is 11.3 Å². The van der Waals surface area contributed by atoms with Gasteiger partial charge in [-0.2, -0.15) is 13.2 Å². The Balaban J connectivity index is 3.22. The summed E-state index contributed by atoms with van der Waals surface area (Å²) in [5.74, 6) is 0. The van der Waals surface area contributed by atoms with Crippen LogP contribution in [-0.2, 0) is 5.60 Å². The van der Waals surface area contributed by atoms with Gasteiger partial charge in [-0.1, -0.05) is 41.9 Å². The minimum absolute atomic E-state index is 0.246. The number of hydrogen-bond acceptors (Lipinski definition) is 1. The lowest BCUT2D eigenvalue weighted by Gasteiger charge is -2.35. The Bertz CT molecular complexity index is 359. The first kappa shape index (κ1) is 13.3. The van der Waals surface area contributed by atoms with Crippen LogP contribution in [0.4, 0.5) is 17.6 Å². The molecular formula is C10H9ClF4O. The van der Waals surface area contributed by atoms with E-state index in [0.717, 1.165) is 0 Å². The summed E-state index contributed by atoms with van der Waals surface area (Å²) >= 11 is 4.80. The third kappa shape index (κ3) is 2.01.